The Morgan fingerprint density at radius 3 is 2.50 bits per heavy atom. The lowest BCUT2D eigenvalue weighted by Crippen LogP contribution is -2.60. The fraction of sp³-hybridized carbons (Fsp3) is 0.406. The van der Waals surface area contributed by atoms with E-state index in [0.717, 1.165) is 68.3 Å². The Hall–Kier alpha value is -3.13. The first-order chi connectivity index (χ1) is 19.4. The summed E-state index contributed by atoms with van der Waals surface area (Å²) in [5, 5.41) is 21.5. The highest BCUT2D eigenvalue weighted by Gasteiger charge is 2.34. The molecule has 0 unspecified atom stereocenters. The summed E-state index contributed by atoms with van der Waals surface area (Å²) in [6.07, 6.45) is 2.82. The van der Waals surface area contributed by atoms with Crippen molar-refractivity contribution < 1.29 is 4.79 Å². The number of amides is 1. The van der Waals surface area contributed by atoms with E-state index >= 15 is 0 Å². The standard InChI is InChI=1S/C32H33Cl2N5O/c1-37(32(40)29-15-23(18-36)14-25-4-2-3-5-28(25)29)19-26(24-6-7-30(33)31(34)16-24)10-11-38-20-27(21-38)39-12-8-22(17-35)9-13-39/h2-7,14-16,22,26-27H,8-13,19-21H2,1H3/t26-/m1/s1. The summed E-state index contributed by atoms with van der Waals surface area (Å²) in [4.78, 5) is 20.5. The molecule has 40 heavy (non-hydrogen) atoms. The molecule has 2 fully saturated rings. The molecule has 2 heterocycles. The minimum absolute atomic E-state index is 0.0690. The molecule has 0 N–H and O–H groups in total. The molecule has 6 nitrogen and oxygen atoms in total. The molecule has 0 aromatic heterocycles. The Kier molecular flexibility index (Phi) is 8.94. The van der Waals surface area contributed by atoms with Gasteiger partial charge in [-0.25, -0.2) is 0 Å². The molecule has 8 heteroatoms. The topological polar surface area (TPSA) is 74.4 Å². The van der Waals surface area contributed by atoms with E-state index in [1.165, 1.54) is 0 Å². The summed E-state index contributed by atoms with van der Waals surface area (Å²) in [5.41, 5.74) is 2.07. The van der Waals surface area contributed by atoms with E-state index in [0.29, 0.717) is 33.8 Å². The Balaban J connectivity index is 1.27. The van der Waals surface area contributed by atoms with Crippen LogP contribution in [0.1, 0.15) is 46.7 Å². The summed E-state index contributed by atoms with van der Waals surface area (Å²) in [5.74, 6) is 0.169. The average molecular weight is 575 g/mol. The monoisotopic (exact) mass is 573 g/mol. The van der Waals surface area contributed by atoms with E-state index in [1.807, 2.05) is 55.6 Å². The third-order valence-electron chi connectivity index (χ3n) is 8.44. The smallest absolute Gasteiger partial charge is 0.254 e. The summed E-state index contributed by atoms with van der Waals surface area (Å²) in [7, 11) is 1.82. The fourth-order valence-electron chi connectivity index (χ4n) is 5.99. The third-order valence-corrected chi connectivity index (χ3v) is 9.18. The molecule has 2 aliphatic rings. The molecule has 0 bridgehead atoms. The SMILES string of the molecule is CN(C[C@@H](CCN1CC(N2CCC(C#N)CC2)C1)c1ccc(Cl)c(Cl)c1)C(=O)c1cc(C#N)cc2ccccc12. The van der Waals surface area contributed by atoms with E-state index in [4.69, 9.17) is 23.2 Å². The van der Waals surface area contributed by atoms with Gasteiger partial charge in [0.2, 0.25) is 0 Å². The van der Waals surface area contributed by atoms with Gasteiger partial charge in [-0.2, -0.15) is 10.5 Å². The van der Waals surface area contributed by atoms with Gasteiger partial charge in [0.05, 0.1) is 27.7 Å². The van der Waals surface area contributed by atoms with Gasteiger partial charge in [0.25, 0.3) is 5.91 Å². The average Bonchev–Trinajstić information content (AvgIpc) is 2.96. The molecular formula is C32H33Cl2N5O. The number of halogens is 2. The van der Waals surface area contributed by atoms with Crippen LogP contribution in [0.25, 0.3) is 10.8 Å². The molecule has 2 aliphatic heterocycles. The van der Waals surface area contributed by atoms with Gasteiger partial charge in [-0.3, -0.25) is 9.69 Å². The van der Waals surface area contributed by atoms with Crippen molar-refractivity contribution in [1.29, 1.82) is 10.5 Å². The van der Waals surface area contributed by atoms with Crippen molar-refractivity contribution in [3.8, 4) is 12.1 Å². The second-order valence-corrected chi connectivity index (χ2v) is 11.9. The molecule has 1 amide bonds. The van der Waals surface area contributed by atoms with Crippen LogP contribution in [0.3, 0.4) is 0 Å². The summed E-state index contributed by atoms with van der Waals surface area (Å²) < 4.78 is 0. The molecule has 1 atom stereocenters. The molecule has 2 saturated heterocycles. The zero-order valence-corrected chi connectivity index (χ0v) is 24.2. The van der Waals surface area contributed by atoms with Crippen molar-refractivity contribution in [1.82, 2.24) is 14.7 Å². The maximum absolute atomic E-state index is 13.7. The first-order valence-corrected chi connectivity index (χ1v) is 14.6. The van der Waals surface area contributed by atoms with E-state index in [-0.39, 0.29) is 17.7 Å². The minimum atomic E-state index is -0.108. The van der Waals surface area contributed by atoms with E-state index in [9.17, 15) is 15.3 Å². The van der Waals surface area contributed by atoms with E-state index in [2.05, 4.69) is 21.9 Å². The molecule has 206 valence electrons. The Morgan fingerprint density at radius 1 is 1.05 bits per heavy atom. The zero-order valence-electron chi connectivity index (χ0n) is 22.7. The number of likely N-dealkylation sites (N-methyl/N-ethyl adjacent to an activating group) is 1. The van der Waals surface area contributed by atoms with Gasteiger partial charge in [-0.05, 0) is 79.5 Å². The van der Waals surface area contributed by atoms with Crippen molar-refractivity contribution in [2.24, 2.45) is 5.92 Å². The number of piperidine rings is 1. The molecule has 0 saturated carbocycles. The first kappa shape index (κ1) is 28.4. The van der Waals surface area contributed by atoms with Gasteiger partial charge < -0.3 is 9.80 Å². The second kappa shape index (κ2) is 12.6. The summed E-state index contributed by atoms with van der Waals surface area (Å²) in [6.45, 7) is 5.53. The number of likely N-dealkylation sites (tertiary alicyclic amines) is 2. The third kappa shape index (κ3) is 6.27. The summed E-state index contributed by atoms with van der Waals surface area (Å²) >= 11 is 12.6. The van der Waals surface area contributed by atoms with Gasteiger partial charge >= 0.3 is 0 Å². The Labute approximate surface area is 246 Å². The highest BCUT2D eigenvalue weighted by molar-refractivity contribution is 6.42. The number of rotatable bonds is 8. The lowest BCUT2D eigenvalue weighted by Gasteiger charge is -2.47. The van der Waals surface area contributed by atoms with Crippen LogP contribution in [-0.4, -0.2) is 73.0 Å². The highest BCUT2D eigenvalue weighted by Crippen LogP contribution is 2.31. The first-order valence-electron chi connectivity index (χ1n) is 13.9. The van der Waals surface area contributed by atoms with Crippen molar-refractivity contribution in [2.45, 2.75) is 31.2 Å². The number of benzene rings is 3. The van der Waals surface area contributed by atoms with Crippen LogP contribution >= 0.6 is 23.2 Å². The number of hydrogen-bond acceptors (Lipinski definition) is 5. The van der Waals surface area contributed by atoms with Crippen LogP contribution in [0.5, 0.6) is 0 Å². The minimum Gasteiger partial charge on any atom is -0.341 e. The Morgan fingerprint density at radius 2 is 1.80 bits per heavy atom. The number of fused-ring (bicyclic) bond motifs is 1. The number of nitrogens with zero attached hydrogens (tertiary/aromatic N) is 5. The fourth-order valence-corrected chi connectivity index (χ4v) is 6.30. The highest BCUT2D eigenvalue weighted by atomic mass is 35.5. The zero-order chi connectivity index (χ0) is 28.2. The van der Waals surface area contributed by atoms with Crippen LogP contribution < -0.4 is 0 Å². The van der Waals surface area contributed by atoms with Gasteiger partial charge in [0.15, 0.2) is 0 Å². The maximum Gasteiger partial charge on any atom is 0.254 e. The van der Waals surface area contributed by atoms with Gasteiger partial charge in [0, 0.05) is 50.1 Å². The second-order valence-electron chi connectivity index (χ2n) is 11.1. The molecule has 5 rings (SSSR count). The van der Waals surface area contributed by atoms with Crippen LogP contribution in [-0.2, 0) is 0 Å². The van der Waals surface area contributed by atoms with Crippen LogP contribution in [0.4, 0.5) is 0 Å². The van der Waals surface area contributed by atoms with Crippen molar-refractivity contribution in [3.05, 3.63) is 81.3 Å². The molecular weight excluding hydrogens is 541 g/mol. The summed E-state index contributed by atoms with van der Waals surface area (Å²) in [6, 6.07) is 22.1. The number of hydrogen-bond donors (Lipinski definition) is 0. The normalized spacial score (nSPS) is 17.6. The van der Waals surface area contributed by atoms with E-state index in [1.54, 1.807) is 11.0 Å². The predicted molar refractivity (Wildman–Crippen MR) is 160 cm³/mol. The van der Waals surface area contributed by atoms with Crippen LogP contribution in [0, 0.1) is 28.6 Å². The van der Waals surface area contributed by atoms with Gasteiger partial charge in [0.1, 0.15) is 0 Å². The van der Waals surface area contributed by atoms with Crippen molar-refractivity contribution in [3.63, 3.8) is 0 Å². The van der Waals surface area contributed by atoms with Crippen molar-refractivity contribution in [2.75, 3.05) is 46.3 Å². The lowest BCUT2D eigenvalue weighted by atomic mass is 9.92. The van der Waals surface area contributed by atoms with E-state index < -0.39 is 0 Å². The maximum atomic E-state index is 13.7. The molecule has 3 aromatic carbocycles. The quantitative estimate of drug-likeness (QED) is 0.321. The number of carbonyl (C=O) groups is 1. The largest absolute Gasteiger partial charge is 0.341 e. The molecule has 0 radical (unpaired) electrons. The predicted octanol–water partition coefficient (Wildman–Crippen LogP) is 6.18. The van der Waals surface area contributed by atoms with Gasteiger partial charge in [-0.15, -0.1) is 0 Å². The van der Waals surface area contributed by atoms with Crippen molar-refractivity contribution >= 4 is 39.9 Å². The molecule has 3 aromatic rings. The number of carbonyl (C=O) groups excluding carboxylic acids is 1. The number of nitriles is 2. The molecule has 0 spiro atoms. The lowest BCUT2D eigenvalue weighted by molar-refractivity contribution is 0.0168. The van der Waals surface area contributed by atoms with Crippen LogP contribution in [0.2, 0.25) is 10.0 Å². The molecule has 0 aliphatic carbocycles. The Bertz CT molecular complexity index is 1460. The van der Waals surface area contributed by atoms with Crippen LogP contribution in [0.15, 0.2) is 54.6 Å². The van der Waals surface area contributed by atoms with Gasteiger partial charge in [-0.1, -0.05) is 53.5 Å².